The predicted molar refractivity (Wildman–Crippen MR) is 79.0 cm³/mol. The molecule has 3 heteroatoms. The zero-order valence-electron chi connectivity index (χ0n) is 11.9. The van der Waals surface area contributed by atoms with Crippen LogP contribution in [0.2, 0.25) is 0 Å². The topological polar surface area (TPSA) is 40.5 Å². The highest BCUT2D eigenvalue weighted by atomic mass is 16.3. The number of nitrogens with zero attached hydrogens (tertiary/aromatic N) is 1. The molecule has 2 aliphatic carbocycles. The molecular weight excluding hydrogens is 250 g/mol. The van der Waals surface area contributed by atoms with Crippen LogP contribution in [0.1, 0.15) is 25.7 Å². The molecule has 0 spiro atoms. The van der Waals surface area contributed by atoms with Crippen LogP contribution in [0.4, 0.5) is 0 Å². The predicted octanol–water partition coefficient (Wildman–Crippen LogP) is 2.30. The molecule has 0 saturated carbocycles. The van der Waals surface area contributed by atoms with E-state index in [4.69, 9.17) is 0 Å². The van der Waals surface area contributed by atoms with Gasteiger partial charge in [0, 0.05) is 25.6 Å². The highest BCUT2D eigenvalue weighted by molar-refractivity contribution is 5.81. The standard InChI is InChI=1S/C17H23NO2/c19-12-15-8-4-7-14-9-10-18(17(20)16(14)15)11-13-5-2-1-3-6-13/h2,4-7,14-16,19H,1,3,8-12H2/t14?,15-,16?/m1/s1. The van der Waals surface area contributed by atoms with E-state index in [1.54, 1.807) is 0 Å². The third-order valence-corrected chi connectivity index (χ3v) is 4.80. The fraction of sp³-hybridized carbons (Fsp3) is 0.588. The molecule has 0 aromatic rings. The Labute approximate surface area is 120 Å². The Bertz CT molecular complexity index is 464. The van der Waals surface area contributed by atoms with Gasteiger partial charge in [-0.15, -0.1) is 0 Å². The first-order valence-corrected chi connectivity index (χ1v) is 7.71. The van der Waals surface area contributed by atoms with Gasteiger partial charge in [0.05, 0.1) is 0 Å². The maximum absolute atomic E-state index is 12.7. The number of likely N-dealkylation sites (tertiary alicyclic amines) is 1. The number of amides is 1. The molecule has 3 rings (SSSR count). The van der Waals surface area contributed by atoms with Crippen molar-refractivity contribution in [3.05, 3.63) is 36.0 Å². The average molecular weight is 273 g/mol. The second-order valence-corrected chi connectivity index (χ2v) is 6.10. The fourth-order valence-corrected chi connectivity index (χ4v) is 3.68. The molecule has 3 atom stereocenters. The first-order valence-electron chi connectivity index (χ1n) is 7.71. The fourth-order valence-electron chi connectivity index (χ4n) is 3.68. The van der Waals surface area contributed by atoms with Crippen LogP contribution in [0.15, 0.2) is 36.0 Å². The zero-order chi connectivity index (χ0) is 13.9. The minimum absolute atomic E-state index is 0.00748. The first-order chi connectivity index (χ1) is 9.79. The molecule has 1 fully saturated rings. The van der Waals surface area contributed by atoms with Crippen molar-refractivity contribution in [2.75, 3.05) is 19.7 Å². The number of carbonyl (C=O) groups excluding carboxylic acids is 1. The smallest absolute Gasteiger partial charge is 0.226 e. The van der Waals surface area contributed by atoms with Crippen molar-refractivity contribution in [2.24, 2.45) is 17.8 Å². The van der Waals surface area contributed by atoms with Gasteiger partial charge in [-0.05, 0) is 43.1 Å². The molecule has 3 nitrogen and oxygen atoms in total. The van der Waals surface area contributed by atoms with Crippen LogP contribution in [0, 0.1) is 17.8 Å². The number of piperidine rings is 1. The molecule has 20 heavy (non-hydrogen) atoms. The van der Waals surface area contributed by atoms with E-state index in [2.05, 4.69) is 30.4 Å². The molecule has 1 aliphatic heterocycles. The summed E-state index contributed by atoms with van der Waals surface area (Å²) in [4.78, 5) is 14.7. The Hall–Kier alpha value is -1.35. The third kappa shape index (κ3) is 2.59. The largest absolute Gasteiger partial charge is 0.396 e. The van der Waals surface area contributed by atoms with Crippen molar-refractivity contribution in [3.8, 4) is 0 Å². The molecule has 108 valence electrons. The van der Waals surface area contributed by atoms with Gasteiger partial charge < -0.3 is 10.0 Å². The highest BCUT2D eigenvalue weighted by Gasteiger charge is 2.41. The summed E-state index contributed by atoms with van der Waals surface area (Å²) >= 11 is 0. The minimum atomic E-state index is -0.00748. The minimum Gasteiger partial charge on any atom is -0.396 e. The zero-order valence-corrected chi connectivity index (χ0v) is 11.9. The van der Waals surface area contributed by atoms with Crippen molar-refractivity contribution in [1.82, 2.24) is 4.90 Å². The van der Waals surface area contributed by atoms with E-state index in [-0.39, 0.29) is 24.3 Å². The maximum Gasteiger partial charge on any atom is 0.226 e. The Morgan fingerprint density at radius 3 is 2.95 bits per heavy atom. The molecule has 1 heterocycles. The summed E-state index contributed by atoms with van der Waals surface area (Å²) in [6.07, 6.45) is 15.0. The van der Waals surface area contributed by atoms with E-state index >= 15 is 0 Å². The van der Waals surface area contributed by atoms with Crippen molar-refractivity contribution in [1.29, 1.82) is 0 Å². The third-order valence-electron chi connectivity index (χ3n) is 4.80. The van der Waals surface area contributed by atoms with E-state index in [1.165, 1.54) is 5.57 Å². The van der Waals surface area contributed by atoms with E-state index in [0.717, 1.165) is 38.8 Å². The monoisotopic (exact) mass is 273 g/mol. The lowest BCUT2D eigenvalue weighted by molar-refractivity contribution is -0.143. The van der Waals surface area contributed by atoms with Gasteiger partial charge >= 0.3 is 0 Å². The van der Waals surface area contributed by atoms with Gasteiger partial charge in [-0.3, -0.25) is 4.79 Å². The van der Waals surface area contributed by atoms with Gasteiger partial charge in [0.25, 0.3) is 0 Å². The number of aliphatic hydroxyl groups excluding tert-OH is 1. The van der Waals surface area contributed by atoms with Gasteiger partial charge in [-0.2, -0.15) is 0 Å². The Morgan fingerprint density at radius 1 is 1.30 bits per heavy atom. The van der Waals surface area contributed by atoms with Gasteiger partial charge in [0.2, 0.25) is 5.91 Å². The number of carbonyl (C=O) groups is 1. The lowest BCUT2D eigenvalue weighted by Gasteiger charge is -2.42. The maximum atomic E-state index is 12.7. The van der Waals surface area contributed by atoms with E-state index in [9.17, 15) is 9.90 Å². The quantitative estimate of drug-likeness (QED) is 0.802. The second kappa shape index (κ2) is 5.96. The normalized spacial score (nSPS) is 33.0. The molecule has 1 N–H and O–H groups in total. The van der Waals surface area contributed by atoms with E-state index in [1.807, 2.05) is 4.90 Å². The average Bonchev–Trinajstić information content (AvgIpc) is 2.50. The summed E-state index contributed by atoms with van der Waals surface area (Å²) in [5.41, 5.74) is 1.26. The molecule has 1 amide bonds. The second-order valence-electron chi connectivity index (χ2n) is 6.10. The van der Waals surface area contributed by atoms with Crippen LogP contribution < -0.4 is 0 Å². The van der Waals surface area contributed by atoms with Gasteiger partial charge in [0.15, 0.2) is 0 Å². The number of hydrogen-bond acceptors (Lipinski definition) is 2. The van der Waals surface area contributed by atoms with Crippen LogP contribution in [0.3, 0.4) is 0 Å². The van der Waals surface area contributed by atoms with E-state index < -0.39 is 0 Å². The highest BCUT2D eigenvalue weighted by Crippen LogP contribution is 2.37. The summed E-state index contributed by atoms with van der Waals surface area (Å²) in [6, 6.07) is 0. The molecular formula is C17H23NO2. The molecule has 2 unspecified atom stereocenters. The van der Waals surface area contributed by atoms with Crippen molar-refractivity contribution in [3.63, 3.8) is 0 Å². The molecule has 0 aromatic heterocycles. The first kappa shape index (κ1) is 13.6. The Kier molecular flexibility index (Phi) is 4.06. The number of aliphatic hydroxyl groups is 1. The lowest BCUT2D eigenvalue weighted by Crippen LogP contribution is -2.49. The Balaban J connectivity index is 1.72. The summed E-state index contributed by atoms with van der Waals surface area (Å²) < 4.78 is 0. The van der Waals surface area contributed by atoms with Crippen LogP contribution in [-0.4, -0.2) is 35.6 Å². The van der Waals surface area contributed by atoms with Gasteiger partial charge in [0.1, 0.15) is 0 Å². The SMILES string of the molecule is O=C1C2C(C=CC[C@@H]2CO)CCN1CC1=CCCC=C1. The molecule has 0 radical (unpaired) electrons. The van der Waals surface area contributed by atoms with Crippen molar-refractivity contribution < 1.29 is 9.90 Å². The van der Waals surface area contributed by atoms with Crippen LogP contribution in [0.25, 0.3) is 0 Å². The molecule has 3 aliphatic rings. The number of allylic oxidation sites excluding steroid dienone is 4. The summed E-state index contributed by atoms with van der Waals surface area (Å²) in [6.45, 7) is 1.70. The lowest BCUT2D eigenvalue weighted by atomic mass is 9.72. The molecule has 0 bridgehead atoms. The van der Waals surface area contributed by atoms with Crippen molar-refractivity contribution in [2.45, 2.75) is 25.7 Å². The summed E-state index contributed by atoms with van der Waals surface area (Å²) in [5.74, 6) is 0.674. The summed E-state index contributed by atoms with van der Waals surface area (Å²) in [5, 5.41) is 9.53. The van der Waals surface area contributed by atoms with Crippen LogP contribution >= 0.6 is 0 Å². The molecule has 0 aromatic carbocycles. The summed E-state index contributed by atoms with van der Waals surface area (Å²) in [7, 11) is 0. The molecule has 1 saturated heterocycles. The number of fused-ring (bicyclic) bond motifs is 1. The van der Waals surface area contributed by atoms with Gasteiger partial charge in [-0.1, -0.05) is 30.4 Å². The van der Waals surface area contributed by atoms with Crippen LogP contribution in [0.5, 0.6) is 0 Å². The van der Waals surface area contributed by atoms with E-state index in [0.29, 0.717) is 5.92 Å². The number of hydrogen-bond donors (Lipinski definition) is 1. The van der Waals surface area contributed by atoms with Crippen LogP contribution in [-0.2, 0) is 4.79 Å². The Morgan fingerprint density at radius 2 is 2.20 bits per heavy atom. The van der Waals surface area contributed by atoms with Crippen molar-refractivity contribution >= 4 is 5.91 Å². The number of rotatable bonds is 3. The van der Waals surface area contributed by atoms with Gasteiger partial charge in [-0.25, -0.2) is 0 Å².